The zero-order valence-electron chi connectivity index (χ0n) is 10.5. The van der Waals surface area contributed by atoms with Crippen LogP contribution < -0.4 is 11.0 Å². The van der Waals surface area contributed by atoms with Gasteiger partial charge in [-0.3, -0.25) is 4.90 Å². The number of nitrogens with zero attached hydrogens (tertiary/aromatic N) is 2. The molecule has 1 fully saturated rings. The third-order valence-corrected chi connectivity index (χ3v) is 3.02. The first-order valence-corrected chi connectivity index (χ1v) is 6.18. The fourth-order valence-electron chi connectivity index (χ4n) is 2.02. The molecule has 0 unspecified atom stereocenters. The highest BCUT2D eigenvalue weighted by molar-refractivity contribution is 5.11. The summed E-state index contributed by atoms with van der Waals surface area (Å²) < 4.78 is 0. The molecule has 0 amide bonds. The molecule has 0 spiro atoms. The predicted octanol–water partition coefficient (Wildman–Crippen LogP) is 0.298. The summed E-state index contributed by atoms with van der Waals surface area (Å²) in [4.78, 5) is 20.6. The maximum absolute atomic E-state index is 11.5. The molecule has 1 aliphatic heterocycles. The van der Waals surface area contributed by atoms with Crippen molar-refractivity contribution in [2.24, 2.45) is 0 Å². The minimum Gasteiger partial charge on any atom is -0.314 e. The Hall–Kier alpha value is -1.20. The van der Waals surface area contributed by atoms with E-state index in [0.717, 1.165) is 44.1 Å². The van der Waals surface area contributed by atoms with Crippen LogP contribution in [0.4, 0.5) is 0 Å². The highest BCUT2D eigenvalue weighted by Crippen LogP contribution is 2.11. The van der Waals surface area contributed by atoms with Crippen molar-refractivity contribution >= 4 is 0 Å². The number of hydrogen-bond acceptors (Lipinski definition) is 4. The Morgan fingerprint density at radius 3 is 2.76 bits per heavy atom. The average molecular weight is 236 g/mol. The minimum absolute atomic E-state index is 0.235. The summed E-state index contributed by atoms with van der Waals surface area (Å²) in [6.07, 6.45) is 0. The number of piperazine rings is 1. The molecule has 0 radical (unpaired) electrons. The number of nitrogens with one attached hydrogen (secondary N) is 2. The Balaban J connectivity index is 2.11. The number of hydrogen-bond donors (Lipinski definition) is 2. The second-order valence-electron chi connectivity index (χ2n) is 4.82. The Morgan fingerprint density at radius 2 is 2.12 bits per heavy atom. The first-order valence-electron chi connectivity index (χ1n) is 6.18. The van der Waals surface area contributed by atoms with E-state index in [4.69, 9.17) is 0 Å². The molecule has 1 saturated heterocycles. The van der Waals surface area contributed by atoms with E-state index in [1.54, 1.807) is 0 Å². The predicted molar refractivity (Wildman–Crippen MR) is 67.1 cm³/mol. The zero-order chi connectivity index (χ0) is 12.3. The van der Waals surface area contributed by atoms with Gasteiger partial charge in [0.15, 0.2) is 0 Å². The summed E-state index contributed by atoms with van der Waals surface area (Å²) >= 11 is 0. The summed E-state index contributed by atoms with van der Waals surface area (Å²) in [5, 5.41) is 3.32. The third kappa shape index (κ3) is 3.38. The van der Waals surface area contributed by atoms with Crippen molar-refractivity contribution in [1.29, 1.82) is 0 Å². The fourth-order valence-corrected chi connectivity index (χ4v) is 2.02. The van der Waals surface area contributed by atoms with Crippen molar-refractivity contribution in [3.8, 4) is 0 Å². The third-order valence-electron chi connectivity index (χ3n) is 3.02. The molecule has 2 rings (SSSR count). The standard InChI is InChI=1S/C12H20N4O/c1-9(2)11-7-10(14-12(17)15-11)8-16-5-3-13-4-6-16/h7,9,13H,3-6,8H2,1-2H3,(H,14,15,17). The molecule has 1 aromatic heterocycles. The number of aromatic amines is 1. The van der Waals surface area contributed by atoms with Crippen LogP contribution in [0.15, 0.2) is 10.9 Å². The lowest BCUT2D eigenvalue weighted by molar-refractivity contribution is 0.230. The second-order valence-corrected chi connectivity index (χ2v) is 4.82. The summed E-state index contributed by atoms with van der Waals surface area (Å²) in [5.41, 5.74) is 1.61. The molecule has 0 bridgehead atoms. The molecule has 0 aromatic carbocycles. The average Bonchev–Trinajstić information content (AvgIpc) is 2.29. The van der Waals surface area contributed by atoms with Gasteiger partial charge in [0, 0.05) is 38.4 Å². The molecular formula is C12H20N4O. The number of H-pyrrole nitrogens is 1. The number of aromatic nitrogens is 2. The molecule has 5 heteroatoms. The van der Waals surface area contributed by atoms with Crippen molar-refractivity contribution in [1.82, 2.24) is 20.2 Å². The Kier molecular flexibility index (Phi) is 3.91. The van der Waals surface area contributed by atoms with Crippen LogP contribution in [-0.2, 0) is 6.54 Å². The van der Waals surface area contributed by atoms with Crippen LogP contribution in [0, 0.1) is 0 Å². The topological polar surface area (TPSA) is 61.0 Å². The molecule has 2 heterocycles. The van der Waals surface area contributed by atoms with Crippen molar-refractivity contribution in [3.05, 3.63) is 27.9 Å². The molecule has 1 aromatic rings. The molecule has 94 valence electrons. The lowest BCUT2D eigenvalue weighted by Crippen LogP contribution is -2.43. The normalized spacial score (nSPS) is 17.6. The first-order chi connectivity index (χ1) is 8.15. The van der Waals surface area contributed by atoms with E-state index in [1.165, 1.54) is 0 Å². The van der Waals surface area contributed by atoms with Gasteiger partial charge in [0.25, 0.3) is 0 Å². The summed E-state index contributed by atoms with van der Waals surface area (Å²) in [7, 11) is 0. The summed E-state index contributed by atoms with van der Waals surface area (Å²) in [5.74, 6) is 0.291. The highest BCUT2D eigenvalue weighted by atomic mass is 16.1. The van der Waals surface area contributed by atoms with Crippen LogP contribution in [0.5, 0.6) is 0 Å². The zero-order valence-corrected chi connectivity index (χ0v) is 10.5. The number of rotatable bonds is 3. The van der Waals surface area contributed by atoms with E-state index in [9.17, 15) is 4.79 Å². The van der Waals surface area contributed by atoms with Gasteiger partial charge in [0.05, 0.1) is 5.69 Å². The van der Waals surface area contributed by atoms with Crippen LogP contribution in [0.3, 0.4) is 0 Å². The first kappa shape index (κ1) is 12.3. The maximum Gasteiger partial charge on any atom is 0.345 e. The van der Waals surface area contributed by atoms with Gasteiger partial charge in [-0.1, -0.05) is 13.8 Å². The lowest BCUT2D eigenvalue weighted by Gasteiger charge is -2.27. The minimum atomic E-state index is -0.235. The van der Waals surface area contributed by atoms with Crippen LogP contribution in [0.2, 0.25) is 0 Å². The van der Waals surface area contributed by atoms with Crippen molar-refractivity contribution in [2.75, 3.05) is 26.2 Å². The van der Waals surface area contributed by atoms with E-state index >= 15 is 0 Å². The van der Waals surface area contributed by atoms with Gasteiger partial charge in [-0.15, -0.1) is 0 Å². The van der Waals surface area contributed by atoms with Crippen LogP contribution >= 0.6 is 0 Å². The Morgan fingerprint density at radius 1 is 1.41 bits per heavy atom. The van der Waals surface area contributed by atoms with Gasteiger partial charge in [-0.2, -0.15) is 4.98 Å². The van der Waals surface area contributed by atoms with Gasteiger partial charge in [-0.25, -0.2) is 4.79 Å². The largest absolute Gasteiger partial charge is 0.345 e. The van der Waals surface area contributed by atoms with Gasteiger partial charge >= 0.3 is 5.69 Å². The maximum atomic E-state index is 11.5. The smallest absolute Gasteiger partial charge is 0.314 e. The van der Waals surface area contributed by atoms with Gasteiger partial charge in [0.2, 0.25) is 0 Å². The monoisotopic (exact) mass is 236 g/mol. The molecule has 0 atom stereocenters. The lowest BCUT2D eigenvalue weighted by atomic mass is 10.1. The van der Waals surface area contributed by atoms with E-state index < -0.39 is 0 Å². The molecule has 2 N–H and O–H groups in total. The van der Waals surface area contributed by atoms with Crippen LogP contribution in [0.25, 0.3) is 0 Å². The van der Waals surface area contributed by atoms with Crippen LogP contribution in [0.1, 0.15) is 31.2 Å². The van der Waals surface area contributed by atoms with Crippen molar-refractivity contribution < 1.29 is 0 Å². The van der Waals surface area contributed by atoms with Crippen LogP contribution in [-0.4, -0.2) is 41.0 Å². The quantitative estimate of drug-likeness (QED) is 0.792. The highest BCUT2D eigenvalue weighted by Gasteiger charge is 2.12. The molecule has 5 nitrogen and oxygen atoms in total. The van der Waals surface area contributed by atoms with E-state index in [0.29, 0.717) is 5.92 Å². The van der Waals surface area contributed by atoms with E-state index in [-0.39, 0.29) is 5.69 Å². The van der Waals surface area contributed by atoms with E-state index in [1.807, 2.05) is 6.07 Å². The molecule has 17 heavy (non-hydrogen) atoms. The summed E-state index contributed by atoms with van der Waals surface area (Å²) in [6, 6.07) is 2.01. The molecule has 0 aliphatic carbocycles. The summed E-state index contributed by atoms with van der Waals surface area (Å²) in [6.45, 7) is 9.01. The van der Waals surface area contributed by atoms with Crippen molar-refractivity contribution in [3.63, 3.8) is 0 Å². The second kappa shape index (κ2) is 5.42. The Bertz CT molecular complexity index is 421. The van der Waals surface area contributed by atoms with Gasteiger partial charge < -0.3 is 10.3 Å². The fraction of sp³-hybridized carbons (Fsp3) is 0.667. The molecule has 1 aliphatic rings. The SMILES string of the molecule is CC(C)c1cc(CN2CCNCC2)[nH]c(=O)n1. The van der Waals surface area contributed by atoms with Gasteiger partial charge in [0.1, 0.15) is 0 Å². The van der Waals surface area contributed by atoms with Gasteiger partial charge in [-0.05, 0) is 12.0 Å². The Labute approximate surface area is 101 Å². The van der Waals surface area contributed by atoms with Crippen molar-refractivity contribution in [2.45, 2.75) is 26.3 Å². The molecular weight excluding hydrogens is 216 g/mol. The van der Waals surface area contributed by atoms with E-state index in [2.05, 4.69) is 34.0 Å². The molecule has 0 saturated carbocycles.